The first-order chi connectivity index (χ1) is 9.15. The monoisotopic (exact) mass is 272 g/mol. The minimum Gasteiger partial charge on any atom is -0.546 e. The fourth-order valence-corrected chi connectivity index (χ4v) is 2.29. The summed E-state index contributed by atoms with van der Waals surface area (Å²) in [5.74, 6) is 1.43. The van der Waals surface area contributed by atoms with Crippen LogP contribution in [0.1, 0.15) is 12.8 Å². The Morgan fingerprint density at radius 1 is 1.26 bits per heavy atom. The molecule has 5 heteroatoms. The quantitative estimate of drug-likeness (QED) is 0.635. The van der Waals surface area contributed by atoms with Gasteiger partial charge in [0.2, 0.25) is 9.04 Å². The lowest BCUT2D eigenvalue weighted by Gasteiger charge is -2.12. The third-order valence-electron chi connectivity index (χ3n) is 2.38. The van der Waals surface area contributed by atoms with Gasteiger partial charge in [0, 0.05) is 12.4 Å². The van der Waals surface area contributed by atoms with E-state index in [1.807, 2.05) is 25.1 Å². The SMILES string of the molecule is Cc1ccc(O[SiH](C)C)c(N=Cc2ncccn2)c1.[H+]. The Kier molecular flexibility index (Phi) is 4.41. The van der Waals surface area contributed by atoms with E-state index in [1.54, 1.807) is 24.7 Å². The number of aliphatic imine (C=N–C) groups is 1. The lowest BCUT2D eigenvalue weighted by atomic mass is 10.2. The number of benzene rings is 1. The Hall–Kier alpha value is -2.01. The maximum absolute atomic E-state index is 5.87. The molecule has 0 atom stereocenters. The average Bonchev–Trinajstić information content (AvgIpc) is 2.40. The van der Waals surface area contributed by atoms with Crippen molar-refractivity contribution >= 4 is 20.9 Å². The molecule has 19 heavy (non-hydrogen) atoms. The zero-order valence-electron chi connectivity index (χ0n) is 12.4. The average molecular weight is 272 g/mol. The van der Waals surface area contributed by atoms with E-state index in [4.69, 9.17) is 4.43 Å². The summed E-state index contributed by atoms with van der Waals surface area (Å²) in [6, 6.07) is 7.79. The van der Waals surface area contributed by atoms with Gasteiger partial charge in [0.1, 0.15) is 11.4 Å². The molecule has 1 aromatic heterocycles. The molecule has 0 bridgehead atoms. The second kappa shape index (κ2) is 6.24. The summed E-state index contributed by atoms with van der Waals surface area (Å²) in [5, 5.41) is 0. The van der Waals surface area contributed by atoms with Gasteiger partial charge in [-0.15, -0.1) is 0 Å². The molecule has 0 saturated heterocycles. The summed E-state index contributed by atoms with van der Waals surface area (Å²) >= 11 is 0. The second-order valence-corrected chi connectivity index (χ2v) is 6.84. The van der Waals surface area contributed by atoms with Crippen LogP contribution in [0.2, 0.25) is 13.1 Å². The molecule has 0 aliphatic rings. The van der Waals surface area contributed by atoms with Crippen LogP contribution in [0.25, 0.3) is 0 Å². The van der Waals surface area contributed by atoms with Gasteiger partial charge < -0.3 is 4.43 Å². The van der Waals surface area contributed by atoms with Crippen LogP contribution in [-0.2, 0) is 0 Å². The smallest absolute Gasteiger partial charge is 0.546 e. The molecule has 0 spiro atoms. The molecule has 0 aliphatic carbocycles. The molecule has 2 rings (SSSR count). The van der Waals surface area contributed by atoms with Gasteiger partial charge in [-0.05, 0) is 43.8 Å². The van der Waals surface area contributed by atoms with Gasteiger partial charge in [-0.25, -0.2) is 15.0 Å². The topological polar surface area (TPSA) is 47.4 Å². The van der Waals surface area contributed by atoms with Crippen molar-refractivity contribution in [3.63, 3.8) is 0 Å². The molecule has 2 aromatic rings. The molecule has 98 valence electrons. The maximum Gasteiger partial charge on any atom is 1.00 e. The Morgan fingerprint density at radius 2 is 2.00 bits per heavy atom. The molecule has 1 heterocycles. The van der Waals surface area contributed by atoms with Crippen molar-refractivity contribution in [1.82, 2.24) is 9.97 Å². The van der Waals surface area contributed by atoms with Gasteiger partial charge in [0.15, 0.2) is 5.82 Å². The van der Waals surface area contributed by atoms with E-state index in [9.17, 15) is 0 Å². The van der Waals surface area contributed by atoms with Gasteiger partial charge in [-0.3, -0.25) is 0 Å². The van der Waals surface area contributed by atoms with E-state index in [0.29, 0.717) is 5.82 Å². The minimum atomic E-state index is -1.14. The van der Waals surface area contributed by atoms with Crippen LogP contribution in [0.4, 0.5) is 5.69 Å². The molecule has 0 unspecified atom stereocenters. The van der Waals surface area contributed by atoms with E-state index in [-0.39, 0.29) is 1.43 Å². The minimum absolute atomic E-state index is 0. The van der Waals surface area contributed by atoms with Gasteiger partial charge >= 0.3 is 1.43 Å². The first kappa shape index (κ1) is 13.4. The van der Waals surface area contributed by atoms with Crippen LogP contribution in [0.3, 0.4) is 0 Å². The predicted molar refractivity (Wildman–Crippen MR) is 81.1 cm³/mol. The van der Waals surface area contributed by atoms with E-state index in [1.165, 1.54) is 0 Å². The number of hydrogen-bond acceptors (Lipinski definition) is 4. The van der Waals surface area contributed by atoms with Crippen LogP contribution in [0.5, 0.6) is 5.75 Å². The van der Waals surface area contributed by atoms with Crippen LogP contribution < -0.4 is 4.43 Å². The van der Waals surface area contributed by atoms with Crippen molar-refractivity contribution in [3.05, 3.63) is 48.0 Å². The first-order valence-corrected chi connectivity index (χ1v) is 9.01. The lowest BCUT2D eigenvalue weighted by molar-refractivity contribution is 0.582. The number of aromatic nitrogens is 2. The highest BCUT2D eigenvalue weighted by Gasteiger charge is 2.05. The van der Waals surface area contributed by atoms with Crippen molar-refractivity contribution in [2.24, 2.45) is 4.99 Å². The predicted octanol–water partition coefficient (Wildman–Crippen LogP) is 3.01. The summed E-state index contributed by atoms with van der Waals surface area (Å²) in [6.45, 7) is 6.30. The second-order valence-electron chi connectivity index (χ2n) is 4.50. The normalized spacial score (nSPS) is 11.2. The Bertz CT molecular complexity index is 576. The van der Waals surface area contributed by atoms with Crippen molar-refractivity contribution in [2.75, 3.05) is 0 Å². The number of nitrogens with zero attached hydrogens (tertiary/aromatic N) is 3. The molecular weight excluding hydrogens is 254 g/mol. The summed E-state index contributed by atoms with van der Waals surface area (Å²) in [5.41, 5.74) is 1.98. The summed E-state index contributed by atoms with van der Waals surface area (Å²) in [6.07, 6.45) is 5.05. The molecule has 4 nitrogen and oxygen atoms in total. The van der Waals surface area contributed by atoms with Crippen LogP contribution >= 0.6 is 0 Å². The molecule has 1 aromatic carbocycles. The highest BCUT2D eigenvalue weighted by atomic mass is 28.3. The number of hydrogen-bond donors (Lipinski definition) is 0. The van der Waals surface area contributed by atoms with Crippen LogP contribution in [-0.4, -0.2) is 25.2 Å². The molecule has 0 radical (unpaired) electrons. The fraction of sp³-hybridized carbons (Fsp3) is 0.214. The van der Waals surface area contributed by atoms with Crippen molar-refractivity contribution in [2.45, 2.75) is 20.0 Å². The first-order valence-electron chi connectivity index (χ1n) is 6.23. The number of rotatable bonds is 4. The third-order valence-corrected chi connectivity index (χ3v) is 3.11. The fourth-order valence-electron chi connectivity index (χ4n) is 1.59. The van der Waals surface area contributed by atoms with Gasteiger partial charge in [-0.1, -0.05) is 6.07 Å². The molecule has 0 saturated carbocycles. The Balaban J connectivity index is 0.00000200. The number of aryl methyl sites for hydroxylation is 1. The Morgan fingerprint density at radius 3 is 2.68 bits per heavy atom. The zero-order valence-corrected chi connectivity index (χ0v) is 12.5. The molecule has 0 aliphatic heterocycles. The Labute approximate surface area is 116 Å². The highest BCUT2D eigenvalue weighted by molar-refractivity contribution is 6.49. The summed E-state index contributed by atoms with van der Waals surface area (Å²) < 4.78 is 5.87. The maximum atomic E-state index is 5.87. The van der Waals surface area contributed by atoms with Gasteiger partial charge in [0.05, 0.1) is 6.21 Å². The van der Waals surface area contributed by atoms with Gasteiger partial charge in [-0.2, -0.15) is 0 Å². The lowest BCUT2D eigenvalue weighted by Crippen LogP contribution is -2.11. The summed E-state index contributed by atoms with van der Waals surface area (Å²) in [4.78, 5) is 12.7. The largest absolute Gasteiger partial charge is 1.00 e. The van der Waals surface area contributed by atoms with E-state index < -0.39 is 9.04 Å². The molecule has 0 N–H and O–H groups in total. The van der Waals surface area contributed by atoms with Crippen molar-refractivity contribution < 1.29 is 5.85 Å². The third kappa shape index (κ3) is 3.99. The van der Waals surface area contributed by atoms with E-state index in [0.717, 1.165) is 17.0 Å². The summed E-state index contributed by atoms with van der Waals surface area (Å²) in [7, 11) is -1.14. The zero-order chi connectivity index (χ0) is 13.7. The van der Waals surface area contributed by atoms with Crippen molar-refractivity contribution in [3.8, 4) is 5.75 Å². The van der Waals surface area contributed by atoms with E-state index >= 15 is 0 Å². The van der Waals surface area contributed by atoms with Crippen LogP contribution in [0.15, 0.2) is 41.7 Å². The highest BCUT2D eigenvalue weighted by Crippen LogP contribution is 2.28. The van der Waals surface area contributed by atoms with Crippen LogP contribution in [0, 0.1) is 6.92 Å². The standard InChI is InChI=1S/C14H17N3OSi/c1-11-5-6-13(18-19(2)3)12(9-11)17-10-14-15-7-4-8-16-14/h4-10,19H,1-3H3/p+1. The molecule has 0 fully saturated rings. The van der Waals surface area contributed by atoms with Crippen molar-refractivity contribution in [1.29, 1.82) is 0 Å². The molecule has 0 amide bonds. The molecular formula is C14H18N3OSi+. The van der Waals surface area contributed by atoms with Gasteiger partial charge in [0.25, 0.3) is 0 Å². The van der Waals surface area contributed by atoms with E-state index in [2.05, 4.69) is 28.1 Å².